The van der Waals surface area contributed by atoms with Crippen molar-refractivity contribution in [3.63, 3.8) is 0 Å². The highest BCUT2D eigenvalue weighted by Gasteiger charge is 2.28. The minimum absolute atomic E-state index is 0.196. The van der Waals surface area contributed by atoms with E-state index in [1.807, 2.05) is 22.6 Å². The quantitative estimate of drug-likeness (QED) is 0.637. The Hall–Kier alpha value is -2.34. The lowest BCUT2D eigenvalue weighted by Gasteiger charge is -2.19. The van der Waals surface area contributed by atoms with Crippen molar-refractivity contribution in [3.05, 3.63) is 34.5 Å². The summed E-state index contributed by atoms with van der Waals surface area (Å²) in [5, 5.41) is 0. The van der Waals surface area contributed by atoms with Gasteiger partial charge in [0.2, 0.25) is 0 Å². The van der Waals surface area contributed by atoms with Crippen molar-refractivity contribution >= 4 is 22.6 Å². The smallest absolute Gasteiger partial charge is 0.195 e. The van der Waals surface area contributed by atoms with Crippen LogP contribution in [0.15, 0.2) is 18.2 Å². The first-order valence-electron chi connectivity index (χ1n) is 8.83. The fourth-order valence-corrected chi connectivity index (χ4v) is 4.45. The van der Waals surface area contributed by atoms with E-state index < -0.39 is 0 Å². The highest BCUT2D eigenvalue weighted by atomic mass is 32.1. The fraction of sp³-hybridized carbons (Fsp3) is 0.400. The Morgan fingerprint density at radius 2 is 1.96 bits per heavy atom. The molecule has 5 nitrogen and oxygen atoms in total. The SMILES string of the molecule is CCc1sc2nc(C(C)(C)C)c(C=O)n2c1-c1ccc2c(c1)OCCO2. The Bertz CT molecular complexity index is 995. The molecule has 1 aromatic carbocycles. The highest BCUT2D eigenvalue weighted by molar-refractivity contribution is 7.17. The maximum Gasteiger partial charge on any atom is 0.195 e. The van der Waals surface area contributed by atoms with Crippen LogP contribution in [0.5, 0.6) is 11.5 Å². The van der Waals surface area contributed by atoms with E-state index in [9.17, 15) is 4.79 Å². The van der Waals surface area contributed by atoms with Gasteiger partial charge in [-0.2, -0.15) is 0 Å². The topological polar surface area (TPSA) is 52.8 Å². The molecule has 2 aromatic heterocycles. The second kappa shape index (κ2) is 6.13. The van der Waals surface area contributed by atoms with Gasteiger partial charge in [0.15, 0.2) is 22.7 Å². The number of hydrogen-bond acceptors (Lipinski definition) is 5. The van der Waals surface area contributed by atoms with Crippen LogP contribution in [0.1, 0.15) is 48.8 Å². The molecule has 0 N–H and O–H groups in total. The van der Waals surface area contributed by atoms with Gasteiger partial charge >= 0.3 is 0 Å². The molecule has 0 radical (unpaired) electrons. The van der Waals surface area contributed by atoms with Gasteiger partial charge in [0.1, 0.15) is 18.9 Å². The fourth-order valence-electron chi connectivity index (χ4n) is 3.36. The molecule has 0 fully saturated rings. The third-order valence-electron chi connectivity index (χ3n) is 4.54. The van der Waals surface area contributed by atoms with Gasteiger partial charge in [-0.05, 0) is 24.6 Å². The van der Waals surface area contributed by atoms with E-state index >= 15 is 0 Å². The molecule has 0 unspecified atom stereocenters. The summed E-state index contributed by atoms with van der Waals surface area (Å²) < 4.78 is 13.4. The highest BCUT2D eigenvalue weighted by Crippen LogP contribution is 2.40. The van der Waals surface area contributed by atoms with Crippen molar-refractivity contribution in [2.45, 2.75) is 39.5 Å². The molecule has 0 saturated carbocycles. The molecule has 0 atom stereocenters. The van der Waals surface area contributed by atoms with Crippen LogP contribution in [0.4, 0.5) is 0 Å². The zero-order valence-electron chi connectivity index (χ0n) is 15.5. The summed E-state index contributed by atoms with van der Waals surface area (Å²) in [6, 6.07) is 5.97. The standard InChI is InChI=1S/C20H22N2O3S/c1-5-16-17(12-6-7-14-15(10-12)25-9-8-24-14)22-13(11-23)18(20(2,3)4)21-19(22)26-16/h6-7,10-11H,5,8-9H2,1-4H3. The number of imidazole rings is 1. The van der Waals surface area contributed by atoms with Gasteiger partial charge < -0.3 is 9.47 Å². The van der Waals surface area contributed by atoms with E-state index in [0.717, 1.165) is 46.1 Å². The van der Waals surface area contributed by atoms with E-state index in [0.29, 0.717) is 18.9 Å². The minimum atomic E-state index is -0.196. The van der Waals surface area contributed by atoms with Crippen LogP contribution in [0, 0.1) is 0 Å². The lowest BCUT2D eigenvalue weighted by Crippen LogP contribution is -2.15. The van der Waals surface area contributed by atoms with Gasteiger partial charge in [-0.3, -0.25) is 9.20 Å². The number of nitrogens with zero attached hydrogens (tertiary/aromatic N) is 2. The lowest BCUT2D eigenvalue weighted by molar-refractivity contribution is 0.111. The molecule has 0 bridgehead atoms. The summed E-state index contributed by atoms with van der Waals surface area (Å²) in [6.07, 6.45) is 1.80. The molecule has 0 saturated heterocycles. The number of aryl methyl sites for hydroxylation is 1. The summed E-state index contributed by atoms with van der Waals surface area (Å²) in [5.74, 6) is 1.51. The van der Waals surface area contributed by atoms with E-state index in [1.165, 1.54) is 4.88 Å². The normalized spacial score (nSPS) is 14.0. The molecule has 26 heavy (non-hydrogen) atoms. The molecular formula is C20H22N2O3S. The van der Waals surface area contributed by atoms with Gasteiger partial charge in [0.25, 0.3) is 0 Å². The van der Waals surface area contributed by atoms with Crippen LogP contribution in [0.25, 0.3) is 16.2 Å². The Balaban J connectivity index is 1.99. The van der Waals surface area contributed by atoms with Crippen LogP contribution in [-0.2, 0) is 11.8 Å². The van der Waals surface area contributed by atoms with Crippen molar-refractivity contribution in [2.24, 2.45) is 0 Å². The first kappa shape index (κ1) is 17.1. The molecule has 0 aliphatic carbocycles. The Morgan fingerprint density at radius 3 is 2.62 bits per heavy atom. The Morgan fingerprint density at radius 1 is 1.23 bits per heavy atom. The number of aromatic nitrogens is 2. The molecule has 136 valence electrons. The predicted octanol–water partition coefficient (Wildman–Crippen LogP) is 4.51. The molecule has 0 spiro atoms. The van der Waals surface area contributed by atoms with Crippen molar-refractivity contribution in [1.29, 1.82) is 0 Å². The summed E-state index contributed by atoms with van der Waals surface area (Å²) in [6.45, 7) is 9.48. The average molecular weight is 370 g/mol. The van der Waals surface area contributed by atoms with Crippen LogP contribution in [0.2, 0.25) is 0 Å². The van der Waals surface area contributed by atoms with Gasteiger partial charge in [-0.15, -0.1) is 11.3 Å². The summed E-state index contributed by atoms with van der Waals surface area (Å²) in [7, 11) is 0. The number of carbonyl (C=O) groups excluding carboxylic acids is 1. The molecule has 1 aliphatic heterocycles. The molecule has 0 amide bonds. The van der Waals surface area contributed by atoms with E-state index in [1.54, 1.807) is 11.3 Å². The van der Waals surface area contributed by atoms with Gasteiger partial charge in [0.05, 0.1) is 11.4 Å². The maximum atomic E-state index is 12.0. The second-order valence-corrected chi connectivity index (χ2v) is 8.48. The molecule has 4 rings (SSSR count). The van der Waals surface area contributed by atoms with Gasteiger partial charge in [0, 0.05) is 15.9 Å². The molecular weight excluding hydrogens is 348 g/mol. The number of rotatable bonds is 3. The van der Waals surface area contributed by atoms with Crippen molar-refractivity contribution in [1.82, 2.24) is 9.38 Å². The molecule has 3 heterocycles. The van der Waals surface area contributed by atoms with Crippen molar-refractivity contribution in [2.75, 3.05) is 13.2 Å². The van der Waals surface area contributed by atoms with Gasteiger partial charge in [-0.1, -0.05) is 27.7 Å². The number of carbonyl (C=O) groups is 1. The predicted molar refractivity (Wildman–Crippen MR) is 103 cm³/mol. The van der Waals surface area contributed by atoms with Crippen LogP contribution in [-0.4, -0.2) is 28.9 Å². The van der Waals surface area contributed by atoms with Crippen LogP contribution < -0.4 is 9.47 Å². The van der Waals surface area contributed by atoms with Crippen molar-refractivity contribution in [3.8, 4) is 22.8 Å². The first-order chi connectivity index (χ1) is 12.4. The van der Waals surface area contributed by atoms with E-state index in [2.05, 4.69) is 27.7 Å². The summed E-state index contributed by atoms with van der Waals surface area (Å²) in [5.41, 5.74) is 3.31. The van der Waals surface area contributed by atoms with Crippen LogP contribution in [0.3, 0.4) is 0 Å². The number of aldehydes is 1. The monoisotopic (exact) mass is 370 g/mol. The number of hydrogen-bond donors (Lipinski definition) is 0. The Labute approximate surface area is 156 Å². The average Bonchev–Trinajstić information content (AvgIpc) is 3.16. The largest absolute Gasteiger partial charge is 0.486 e. The van der Waals surface area contributed by atoms with E-state index in [-0.39, 0.29) is 5.41 Å². The van der Waals surface area contributed by atoms with E-state index in [4.69, 9.17) is 14.5 Å². The zero-order valence-corrected chi connectivity index (χ0v) is 16.3. The molecule has 3 aromatic rings. The molecule has 6 heteroatoms. The third-order valence-corrected chi connectivity index (χ3v) is 5.73. The van der Waals surface area contributed by atoms with Crippen LogP contribution >= 0.6 is 11.3 Å². The van der Waals surface area contributed by atoms with Gasteiger partial charge in [-0.25, -0.2) is 4.98 Å². The number of fused-ring (bicyclic) bond motifs is 2. The molecule has 1 aliphatic rings. The maximum absolute atomic E-state index is 12.0. The first-order valence-corrected chi connectivity index (χ1v) is 9.65. The summed E-state index contributed by atoms with van der Waals surface area (Å²) >= 11 is 1.64. The number of ether oxygens (including phenoxy) is 2. The third kappa shape index (κ3) is 2.60. The minimum Gasteiger partial charge on any atom is -0.486 e. The second-order valence-electron chi connectivity index (χ2n) is 7.42. The lowest BCUT2D eigenvalue weighted by atomic mass is 9.91. The van der Waals surface area contributed by atoms with Crippen molar-refractivity contribution < 1.29 is 14.3 Å². The zero-order chi connectivity index (χ0) is 18.5. The Kier molecular flexibility index (Phi) is 4.03. The number of thiazole rings is 1. The number of benzene rings is 1. The summed E-state index contributed by atoms with van der Waals surface area (Å²) in [4.78, 5) is 18.8.